The Morgan fingerprint density at radius 1 is 1.12 bits per heavy atom. The Balaban J connectivity index is 2.14. The fourth-order valence-corrected chi connectivity index (χ4v) is 2.71. The number of alkyl halides is 3. The van der Waals surface area contributed by atoms with Gasteiger partial charge in [-0.05, 0) is 31.5 Å². The molecule has 2 aromatic carbocycles. The third kappa shape index (κ3) is 5.47. The van der Waals surface area contributed by atoms with E-state index in [0.717, 1.165) is 11.6 Å². The van der Waals surface area contributed by atoms with Crippen LogP contribution in [-0.2, 0) is 17.5 Å². The van der Waals surface area contributed by atoms with Gasteiger partial charge in [0.2, 0.25) is 5.91 Å². The van der Waals surface area contributed by atoms with Crippen molar-refractivity contribution in [3.8, 4) is 0 Å². The normalized spacial score (nSPS) is 11.8. The fraction of sp³-hybridized carbons (Fsp3) is 0.316. The lowest BCUT2D eigenvalue weighted by molar-refractivity contribution is -0.137. The molecule has 26 heavy (non-hydrogen) atoms. The van der Waals surface area contributed by atoms with Crippen molar-refractivity contribution in [3.05, 3.63) is 64.7 Å². The SMILES string of the molecule is CC(C)N(CC(=O)Nc1c(Cl)cccc1C(F)(F)F)Cc1ccccc1. The third-order valence-electron chi connectivity index (χ3n) is 3.89. The molecule has 2 aromatic rings. The first-order valence-electron chi connectivity index (χ1n) is 8.12. The summed E-state index contributed by atoms with van der Waals surface area (Å²) < 4.78 is 39.4. The Bertz CT molecular complexity index is 748. The monoisotopic (exact) mass is 384 g/mol. The average molecular weight is 385 g/mol. The van der Waals surface area contributed by atoms with Crippen LogP contribution in [0.5, 0.6) is 0 Å². The first-order valence-corrected chi connectivity index (χ1v) is 8.50. The van der Waals surface area contributed by atoms with Gasteiger partial charge in [0.05, 0.1) is 22.8 Å². The van der Waals surface area contributed by atoms with E-state index in [0.29, 0.717) is 6.54 Å². The van der Waals surface area contributed by atoms with E-state index in [1.165, 1.54) is 12.1 Å². The molecule has 1 amide bonds. The summed E-state index contributed by atoms with van der Waals surface area (Å²) in [7, 11) is 0. The molecule has 0 radical (unpaired) electrons. The molecule has 3 nitrogen and oxygen atoms in total. The van der Waals surface area contributed by atoms with E-state index in [-0.39, 0.29) is 17.6 Å². The van der Waals surface area contributed by atoms with E-state index in [1.54, 1.807) is 0 Å². The van der Waals surface area contributed by atoms with Gasteiger partial charge in [0.1, 0.15) is 0 Å². The van der Waals surface area contributed by atoms with Gasteiger partial charge in [0.15, 0.2) is 0 Å². The standard InChI is InChI=1S/C19H20ClF3N2O/c1-13(2)25(11-14-7-4-3-5-8-14)12-17(26)24-18-15(19(21,22)23)9-6-10-16(18)20/h3-10,13H,11-12H2,1-2H3,(H,24,26). The topological polar surface area (TPSA) is 32.3 Å². The van der Waals surface area contributed by atoms with Crippen molar-refractivity contribution in [2.75, 3.05) is 11.9 Å². The van der Waals surface area contributed by atoms with Gasteiger partial charge >= 0.3 is 6.18 Å². The summed E-state index contributed by atoms with van der Waals surface area (Å²) in [4.78, 5) is 14.2. The van der Waals surface area contributed by atoms with Crippen molar-refractivity contribution in [2.45, 2.75) is 32.6 Å². The van der Waals surface area contributed by atoms with Gasteiger partial charge in [0.25, 0.3) is 0 Å². The first kappa shape index (κ1) is 20.3. The van der Waals surface area contributed by atoms with Crippen LogP contribution >= 0.6 is 11.6 Å². The van der Waals surface area contributed by atoms with Gasteiger partial charge in [0, 0.05) is 12.6 Å². The molecule has 0 saturated heterocycles. The Labute approximate surface area is 155 Å². The summed E-state index contributed by atoms with van der Waals surface area (Å²) in [5.41, 5.74) is -0.352. The summed E-state index contributed by atoms with van der Waals surface area (Å²) in [6.07, 6.45) is -4.60. The van der Waals surface area contributed by atoms with E-state index >= 15 is 0 Å². The number of hydrogen-bond acceptors (Lipinski definition) is 2. The Morgan fingerprint density at radius 2 is 1.77 bits per heavy atom. The van der Waals surface area contributed by atoms with Gasteiger partial charge in [-0.25, -0.2) is 0 Å². The molecule has 0 fully saturated rings. The predicted octanol–water partition coefficient (Wildman–Crippen LogP) is 5.21. The number of hydrogen-bond donors (Lipinski definition) is 1. The Kier molecular flexibility index (Phi) is 6.67. The Morgan fingerprint density at radius 3 is 2.35 bits per heavy atom. The molecule has 0 saturated carbocycles. The van der Waals surface area contributed by atoms with Gasteiger partial charge in [-0.1, -0.05) is 48.0 Å². The molecule has 0 aliphatic heterocycles. The molecule has 7 heteroatoms. The van der Waals surface area contributed by atoms with Crippen molar-refractivity contribution < 1.29 is 18.0 Å². The summed E-state index contributed by atoms with van der Waals surface area (Å²) >= 11 is 5.88. The lowest BCUT2D eigenvalue weighted by Crippen LogP contribution is -2.37. The maximum absolute atomic E-state index is 13.1. The predicted molar refractivity (Wildman–Crippen MR) is 97.1 cm³/mol. The highest BCUT2D eigenvalue weighted by Gasteiger charge is 2.34. The maximum Gasteiger partial charge on any atom is 0.418 e. The highest BCUT2D eigenvalue weighted by atomic mass is 35.5. The number of carbonyl (C=O) groups is 1. The largest absolute Gasteiger partial charge is 0.418 e. The van der Waals surface area contributed by atoms with E-state index in [9.17, 15) is 18.0 Å². The molecule has 0 aliphatic rings. The summed E-state index contributed by atoms with van der Waals surface area (Å²) in [6, 6.07) is 13.0. The number of nitrogens with one attached hydrogen (secondary N) is 1. The quantitative estimate of drug-likeness (QED) is 0.741. The van der Waals surface area contributed by atoms with Crippen molar-refractivity contribution in [3.63, 3.8) is 0 Å². The van der Waals surface area contributed by atoms with Crippen LogP contribution in [0.2, 0.25) is 5.02 Å². The van der Waals surface area contributed by atoms with Crippen LogP contribution in [0, 0.1) is 0 Å². The first-order chi connectivity index (χ1) is 12.2. The van der Waals surface area contributed by atoms with E-state index < -0.39 is 23.3 Å². The van der Waals surface area contributed by atoms with Crippen LogP contribution in [0.25, 0.3) is 0 Å². The molecule has 0 aromatic heterocycles. The van der Waals surface area contributed by atoms with E-state index in [1.807, 2.05) is 49.1 Å². The average Bonchev–Trinajstić information content (AvgIpc) is 2.56. The lowest BCUT2D eigenvalue weighted by Gasteiger charge is -2.26. The second-order valence-corrected chi connectivity index (χ2v) is 6.60. The molecule has 0 atom stereocenters. The molecule has 0 bridgehead atoms. The molecular formula is C19H20ClF3N2O. The molecule has 1 N–H and O–H groups in total. The summed E-state index contributed by atoms with van der Waals surface area (Å²) in [5, 5.41) is 2.18. The van der Waals surface area contributed by atoms with Crippen molar-refractivity contribution >= 4 is 23.2 Å². The van der Waals surface area contributed by atoms with Gasteiger partial charge in [-0.15, -0.1) is 0 Å². The zero-order chi connectivity index (χ0) is 19.3. The van der Waals surface area contributed by atoms with Gasteiger partial charge in [-0.2, -0.15) is 13.2 Å². The van der Waals surface area contributed by atoms with Crippen LogP contribution in [0.1, 0.15) is 25.0 Å². The van der Waals surface area contributed by atoms with Crippen LogP contribution in [0.15, 0.2) is 48.5 Å². The summed E-state index contributed by atoms with van der Waals surface area (Å²) in [6.45, 7) is 4.31. The van der Waals surface area contributed by atoms with E-state index in [2.05, 4.69) is 5.32 Å². The highest BCUT2D eigenvalue weighted by molar-refractivity contribution is 6.34. The molecule has 0 unspecified atom stereocenters. The minimum atomic E-state index is -4.60. The number of halogens is 4. The fourth-order valence-electron chi connectivity index (χ4n) is 2.49. The van der Waals surface area contributed by atoms with Crippen LogP contribution in [0.3, 0.4) is 0 Å². The molecule has 140 valence electrons. The third-order valence-corrected chi connectivity index (χ3v) is 4.20. The van der Waals surface area contributed by atoms with Crippen molar-refractivity contribution in [1.82, 2.24) is 4.90 Å². The molecular weight excluding hydrogens is 365 g/mol. The second-order valence-electron chi connectivity index (χ2n) is 6.19. The van der Waals surface area contributed by atoms with Crippen LogP contribution < -0.4 is 5.32 Å². The lowest BCUT2D eigenvalue weighted by atomic mass is 10.1. The number of rotatable bonds is 6. The number of carbonyl (C=O) groups excluding carboxylic acids is 1. The van der Waals surface area contributed by atoms with Gasteiger partial charge in [-0.3, -0.25) is 9.69 Å². The number of para-hydroxylation sites is 1. The molecule has 0 spiro atoms. The zero-order valence-electron chi connectivity index (χ0n) is 14.5. The second kappa shape index (κ2) is 8.56. The minimum Gasteiger partial charge on any atom is -0.323 e. The van der Waals surface area contributed by atoms with Crippen molar-refractivity contribution in [2.24, 2.45) is 0 Å². The van der Waals surface area contributed by atoms with Crippen molar-refractivity contribution in [1.29, 1.82) is 0 Å². The zero-order valence-corrected chi connectivity index (χ0v) is 15.2. The van der Waals surface area contributed by atoms with Crippen LogP contribution in [0.4, 0.5) is 18.9 Å². The summed E-state index contributed by atoms with van der Waals surface area (Å²) in [5.74, 6) is -0.548. The number of anilines is 1. The molecule has 2 rings (SSSR count). The number of amides is 1. The number of nitrogens with zero attached hydrogens (tertiary/aromatic N) is 1. The van der Waals surface area contributed by atoms with Gasteiger partial charge < -0.3 is 5.32 Å². The molecule has 0 aliphatic carbocycles. The molecule has 0 heterocycles. The number of benzene rings is 2. The Hall–Kier alpha value is -2.05. The van der Waals surface area contributed by atoms with Crippen LogP contribution in [-0.4, -0.2) is 23.4 Å². The minimum absolute atomic E-state index is 0.0364. The smallest absolute Gasteiger partial charge is 0.323 e. The maximum atomic E-state index is 13.1. The van der Waals surface area contributed by atoms with E-state index in [4.69, 9.17) is 11.6 Å². The highest BCUT2D eigenvalue weighted by Crippen LogP contribution is 2.38.